The number of nitrogens with one attached hydrogen (secondary N) is 1. The van der Waals surface area contributed by atoms with E-state index in [1.165, 1.54) is 64.5 Å². The molecule has 1 aliphatic rings. The van der Waals surface area contributed by atoms with Crippen LogP contribution in [-0.4, -0.2) is 37.1 Å². The number of hydrogen-bond acceptors (Lipinski definition) is 2. The third-order valence-corrected chi connectivity index (χ3v) is 4.19. The highest BCUT2D eigenvalue weighted by molar-refractivity contribution is 4.81. The molecule has 1 heterocycles. The van der Waals surface area contributed by atoms with Gasteiger partial charge in [-0.3, -0.25) is 4.90 Å². The third-order valence-electron chi connectivity index (χ3n) is 4.19. The standard InChI is InChI=1S/C15H32N2/c1-4-5-6-9-14(2)17-13-8-7-10-15(17)11-12-16-3/h14-16H,4-13H2,1-3H3. The zero-order valence-corrected chi connectivity index (χ0v) is 12.2. The van der Waals surface area contributed by atoms with Gasteiger partial charge in [-0.25, -0.2) is 0 Å². The Morgan fingerprint density at radius 3 is 2.82 bits per heavy atom. The minimum Gasteiger partial charge on any atom is -0.320 e. The summed E-state index contributed by atoms with van der Waals surface area (Å²) in [5.41, 5.74) is 0. The van der Waals surface area contributed by atoms with Gasteiger partial charge in [0, 0.05) is 12.1 Å². The van der Waals surface area contributed by atoms with Gasteiger partial charge < -0.3 is 5.32 Å². The van der Waals surface area contributed by atoms with Crippen molar-refractivity contribution in [2.24, 2.45) is 0 Å². The van der Waals surface area contributed by atoms with Crippen LogP contribution in [0.5, 0.6) is 0 Å². The van der Waals surface area contributed by atoms with Crippen molar-refractivity contribution in [1.82, 2.24) is 10.2 Å². The Bertz CT molecular complexity index is 182. The molecule has 2 nitrogen and oxygen atoms in total. The minimum atomic E-state index is 0.795. The topological polar surface area (TPSA) is 15.3 Å². The van der Waals surface area contributed by atoms with E-state index in [0.29, 0.717) is 0 Å². The molecular weight excluding hydrogens is 208 g/mol. The molecule has 0 spiro atoms. The van der Waals surface area contributed by atoms with Crippen LogP contribution in [0.15, 0.2) is 0 Å². The molecule has 1 rings (SSSR count). The highest BCUT2D eigenvalue weighted by Crippen LogP contribution is 2.23. The Hall–Kier alpha value is -0.0800. The summed E-state index contributed by atoms with van der Waals surface area (Å²) in [6, 6.07) is 1.64. The average Bonchev–Trinajstić information content (AvgIpc) is 2.37. The smallest absolute Gasteiger partial charge is 0.0110 e. The molecule has 0 aromatic carbocycles. The van der Waals surface area contributed by atoms with Gasteiger partial charge in [-0.05, 0) is 52.7 Å². The molecule has 0 bridgehead atoms. The van der Waals surface area contributed by atoms with Crippen LogP contribution in [0.4, 0.5) is 0 Å². The van der Waals surface area contributed by atoms with Crippen molar-refractivity contribution in [3.63, 3.8) is 0 Å². The lowest BCUT2D eigenvalue weighted by molar-refractivity contribution is 0.0913. The van der Waals surface area contributed by atoms with Crippen molar-refractivity contribution >= 4 is 0 Å². The van der Waals surface area contributed by atoms with Crippen LogP contribution < -0.4 is 5.32 Å². The second-order valence-electron chi connectivity index (χ2n) is 5.62. The van der Waals surface area contributed by atoms with Crippen LogP contribution in [0.1, 0.15) is 65.2 Å². The Kier molecular flexibility index (Phi) is 7.87. The Labute approximate surface area is 108 Å². The first-order chi connectivity index (χ1) is 8.29. The summed E-state index contributed by atoms with van der Waals surface area (Å²) in [6.45, 7) is 7.24. The summed E-state index contributed by atoms with van der Waals surface area (Å²) in [5, 5.41) is 3.30. The van der Waals surface area contributed by atoms with Crippen molar-refractivity contribution in [3.05, 3.63) is 0 Å². The number of rotatable bonds is 8. The van der Waals surface area contributed by atoms with Gasteiger partial charge in [0.2, 0.25) is 0 Å². The quantitative estimate of drug-likeness (QED) is 0.654. The van der Waals surface area contributed by atoms with Gasteiger partial charge in [-0.15, -0.1) is 0 Å². The van der Waals surface area contributed by atoms with E-state index < -0.39 is 0 Å². The van der Waals surface area contributed by atoms with E-state index in [1.54, 1.807) is 0 Å². The van der Waals surface area contributed by atoms with Crippen molar-refractivity contribution in [2.75, 3.05) is 20.1 Å². The molecule has 1 saturated heterocycles. The first-order valence-electron chi connectivity index (χ1n) is 7.70. The highest BCUT2D eigenvalue weighted by atomic mass is 15.2. The first kappa shape index (κ1) is 15.0. The van der Waals surface area contributed by atoms with E-state index in [0.717, 1.165) is 12.1 Å². The third kappa shape index (κ3) is 5.39. The van der Waals surface area contributed by atoms with Crippen LogP contribution in [0.2, 0.25) is 0 Å². The van der Waals surface area contributed by atoms with E-state index in [9.17, 15) is 0 Å². The Morgan fingerprint density at radius 2 is 2.12 bits per heavy atom. The highest BCUT2D eigenvalue weighted by Gasteiger charge is 2.25. The predicted molar refractivity (Wildman–Crippen MR) is 76.5 cm³/mol. The largest absolute Gasteiger partial charge is 0.320 e. The maximum atomic E-state index is 3.30. The van der Waals surface area contributed by atoms with Crippen LogP contribution in [0, 0.1) is 0 Å². The summed E-state index contributed by atoms with van der Waals surface area (Å²) in [7, 11) is 2.07. The number of nitrogens with zero attached hydrogens (tertiary/aromatic N) is 1. The molecule has 2 heteroatoms. The monoisotopic (exact) mass is 240 g/mol. The number of unbranched alkanes of at least 4 members (excludes halogenated alkanes) is 2. The van der Waals surface area contributed by atoms with Gasteiger partial charge in [0.15, 0.2) is 0 Å². The first-order valence-corrected chi connectivity index (χ1v) is 7.70. The van der Waals surface area contributed by atoms with Crippen LogP contribution in [0.25, 0.3) is 0 Å². The molecule has 0 saturated carbocycles. The van der Waals surface area contributed by atoms with Crippen molar-refractivity contribution in [3.8, 4) is 0 Å². The molecular formula is C15H32N2. The van der Waals surface area contributed by atoms with E-state index in [4.69, 9.17) is 0 Å². The van der Waals surface area contributed by atoms with Crippen molar-refractivity contribution in [1.29, 1.82) is 0 Å². The summed E-state index contributed by atoms with van der Waals surface area (Å²) < 4.78 is 0. The molecule has 0 amide bonds. The van der Waals surface area contributed by atoms with E-state index in [1.807, 2.05) is 0 Å². The summed E-state index contributed by atoms with van der Waals surface area (Å²) >= 11 is 0. The van der Waals surface area contributed by atoms with Gasteiger partial charge in [0.05, 0.1) is 0 Å². The fourth-order valence-corrected chi connectivity index (χ4v) is 3.08. The summed E-state index contributed by atoms with van der Waals surface area (Å²) in [4.78, 5) is 2.79. The second-order valence-corrected chi connectivity index (χ2v) is 5.62. The fourth-order valence-electron chi connectivity index (χ4n) is 3.08. The molecule has 0 aromatic rings. The van der Waals surface area contributed by atoms with Crippen LogP contribution in [0.3, 0.4) is 0 Å². The Morgan fingerprint density at radius 1 is 1.29 bits per heavy atom. The second kappa shape index (κ2) is 8.93. The van der Waals surface area contributed by atoms with Crippen molar-refractivity contribution < 1.29 is 0 Å². The summed E-state index contributed by atoms with van der Waals surface area (Å²) in [6.07, 6.45) is 11.1. The SMILES string of the molecule is CCCCCC(C)N1CCCCC1CCNC. The fraction of sp³-hybridized carbons (Fsp3) is 1.00. The van der Waals surface area contributed by atoms with E-state index in [-0.39, 0.29) is 0 Å². The lowest BCUT2D eigenvalue weighted by Gasteiger charge is -2.40. The lowest BCUT2D eigenvalue weighted by atomic mass is 9.96. The zero-order valence-electron chi connectivity index (χ0n) is 12.2. The normalized spacial score (nSPS) is 23.8. The maximum absolute atomic E-state index is 3.30. The van der Waals surface area contributed by atoms with Gasteiger partial charge in [-0.1, -0.05) is 32.6 Å². The van der Waals surface area contributed by atoms with Gasteiger partial charge in [-0.2, -0.15) is 0 Å². The lowest BCUT2D eigenvalue weighted by Crippen LogP contribution is -2.46. The Balaban J connectivity index is 2.34. The average molecular weight is 240 g/mol. The van der Waals surface area contributed by atoms with Gasteiger partial charge in [0.1, 0.15) is 0 Å². The molecule has 2 unspecified atom stereocenters. The molecule has 17 heavy (non-hydrogen) atoms. The molecule has 1 aliphatic heterocycles. The van der Waals surface area contributed by atoms with Crippen molar-refractivity contribution in [2.45, 2.75) is 77.3 Å². The number of hydrogen-bond donors (Lipinski definition) is 1. The number of likely N-dealkylation sites (tertiary alicyclic amines) is 1. The molecule has 2 atom stereocenters. The molecule has 102 valence electrons. The minimum absolute atomic E-state index is 0.795. The maximum Gasteiger partial charge on any atom is 0.0110 e. The van der Waals surface area contributed by atoms with Gasteiger partial charge in [0.25, 0.3) is 0 Å². The molecule has 0 aliphatic carbocycles. The van der Waals surface area contributed by atoms with E-state index in [2.05, 4.69) is 31.1 Å². The molecule has 0 radical (unpaired) electrons. The van der Waals surface area contributed by atoms with E-state index >= 15 is 0 Å². The molecule has 1 fully saturated rings. The summed E-state index contributed by atoms with van der Waals surface area (Å²) in [5.74, 6) is 0. The zero-order chi connectivity index (χ0) is 12.5. The molecule has 0 aromatic heterocycles. The molecule has 1 N–H and O–H groups in total. The van der Waals surface area contributed by atoms with Gasteiger partial charge >= 0.3 is 0 Å². The number of piperidine rings is 1. The predicted octanol–water partition coefficient (Wildman–Crippen LogP) is 3.42. The van der Waals surface area contributed by atoms with Crippen LogP contribution in [-0.2, 0) is 0 Å². The van der Waals surface area contributed by atoms with Crippen LogP contribution >= 0.6 is 0 Å².